The Bertz CT molecular complexity index is 1040. The van der Waals surface area contributed by atoms with Crippen LogP contribution in [0.15, 0.2) is 53.7 Å². The lowest BCUT2D eigenvalue weighted by molar-refractivity contribution is -0.136. The van der Waals surface area contributed by atoms with Gasteiger partial charge in [-0.1, -0.05) is 18.2 Å². The molecule has 7 nitrogen and oxygen atoms in total. The van der Waals surface area contributed by atoms with E-state index in [4.69, 9.17) is 31.2 Å². The first-order valence-electron chi connectivity index (χ1n) is 9.47. The molecule has 0 bridgehead atoms. The number of nitrogens with zero attached hydrogens (tertiary/aromatic N) is 1. The minimum absolute atomic E-state index is 0.444. The Morgan fingerprint density at radius 1 is 1.13 bits per heavy atom. The van der Waals surface area contributed by atoms with Crippen LogP contribution >= 0.6 is 12.2 Å². The summed E-state index contributed by atoms with van der Waals surface area (Å²) in [6.07, 6.45) is 0. The molecule has 0 unspecified atom stereocenters. The lowest BCUT2D eigenvalue weighted by Gasteiger charge is -2.38. The number of hydrogen-bond acceptors (Lipinski definition) is 6. The highest BCUT2D eigenvalue weighted by atomic mass is 32.1. The molecule has 4 rings (SSSR count). The third-order valence-corrected chi connectivity index (χ3v) is 5.42. The zero-order chi connectivity index (χ0) is 21.3. The maximum absolute atomic E-state index is 12.8. The second-order valence-electron chi connectivity index (χ2n) is 6.78. The van der Waals surface area contributed by atoms with Gasteiger partial charge in [0.05, 0.1) is 31.5 Å². The van der Waals surface area contributed by atoms with Gasteiger partial charge in [-0.3, -0.25) is 4.90 Å². The molecular formula is C22H22N2O5S. The van der Waals surface area contributed by atoms with E-state index in [-0.39, 0.29) is 0 Å². The number of carbonyl (C=O) groups is 1. The average molecular weight is 426 g/mol. The van der Waals surface area contributed by atoms with E-state index in [9.17, 15) is 4.79 Å². The number of benzene rings is 2. The number of esters is 1. The van der Waals surface area contributed by atoms with E-state index in [1.165, 1.54) is 7.11 Å². The number of para-hydroxylation sites is 1. The van der Waals surface area contributed by atoms with Gasteiger partial charge in [-0.05, 0) is 37.3 Å². The Hall–Kier alpha value is -3.26. The highest BCUT2D eigenvalue weighted by molar-refractivity contribution is 7.80. The fourth-order valence-corrected chi connectivity index (χ4v) is 4.10. The van der Waals surface area contributed by atoms with E-state index >= 15 is 0 Å². The van der Waals surface area contributed by atoms with Crippen LogP contribution in [0.5, 0.6) is 17.2 Å². The molecule has 2 heterocycles. The van der Waals surface area contributed by atoms with Crippen LogP contribution in [0.1, 0.15) is 18.5 Å². The largest absolute Gasteiger partial charge is 0.496 e. The number of carbonyl (C=O) groups excluding carboxylic acids is 1. The predicted octanol–water partition coefficient (Wildman–Crippen LogP) is 3.35. The molecule has 0 saturated carbocycles. The van der Waals surface area contributed by atoms with Crippen molar-refractivity contribution in [2.45, 2.75) is 13.0 Å². The zero-order valence-corrected chi connectivity index (χ0v) is 17.7. The molecule has 8 heteroatoms. The van der Waals surface area contributed by atoms with Crippen molar-refractivity contribution in [3.05, 3.63) is 59.3 Å². The molecule has 0 spiro atoms. The molecule has 2 aromatic carbocycles. The molecule has 1 N–H and O–H groups in total. The van der Waals surface area contributed by atoms with Crippen LogP contribution in [0.3, 0.4) is 0 Å². The summed E-state index contributed by atoms with van der Waals surface area (Å²) in [4.78, 5) is 14.6. The Kier molecular flexibility index (Phi) is 5.50. The minimum atomic E-state index is -0.505. The topological polar surface area (TPSA) is 69.3 Å². The molecule has 0 saturated heterocycles. The minimum Gasteiger partial charge on any atom is -0.496 e. The van der Waals surface area contributed by atoms with Gasteiger partial charge in [-0.15, -0.1) is 0 Å². The molecule has 0 amide bonds. The Balaban J connectivity index is 1.82. The van der Waals surface area contributed by atoms with Crippen molar-refractivity contribution in [2.24, 2.45) is 0 Å². The van der Waals surface area contributed by atoms with Crippen molar-refractivity contribution >= 4 is 29.0 Å². The summed E-state index contributed by atoms with van der Waals surface area (Å²) in [5.41, 5.74) is 2.67. The standard InChI is InChI=1S/C22H22N2O5S/c1-13-19(21(25)27-3)20(15-6-4-5-7-16(15)26-2)23-22(30)24(13)14-8-9-17-18(12-14)29-11-10-28-17/h4-9,12,20H,10-11H2,1-3H3,(H,23,30)/t20-/m0/s1. The summed E-state index contributed by atoms with van der Waals surface area (Å²) in [5.74, 6) is 1.53. The van der Waals surface area contributed by atoms with Gasteiger partial charge in [-0.25, -0.2) is 4.79 Å². The van der Waals surface area contributed by atoms with Crippen molar-refractivity contribution in [3.63, 3.8) is 0 Å². The summed E-state index contributed by atoms with van der Waals surface area (Å²) in [7, 11) is 2.96. The van der Waals surface area contributed by atoms with Gasteiger partial charge in [0, 0.05) is 17.3 Å². The molecule has 0 aromatic heterocycles. The van der Waals surface area contributed by atoms with E-state index in [0.717, 1.165) is 11.3 Å². The van der Waals surface area contributed by atoms with Crippen LogP contribution in [0, 0.1) is 0 Å². The summed E-state index contributed by atoms with van der Waals surface area (Å²) >= 11 is 5.69. The van der Waals surface area contributed by atoms with Crippen molar-refractivity contribution in [3.8, 4) is 17.2 Å². The number of thiocarbonyl (C=S) groups is 1. The number of nitrogens with one attached hydrogen (secondary N) is 1. The SMILES string of the molecule is COC(=O)C1=C(C)N(c2ccc3c(c2)OCCO3)C(=S)N[C@H]1c1ccccc1OC. The second-order valence-corrected chi connectivity index (χ2v) is 7.17. The first-order chi connectivity index (χ1) is 14.5. The second kappa shape index (κ2) is 8.23. The van der Waals surface area contributed by atoms with Gasteiger partial charge < -0.3 is 24.3 Å². The average Bonchev–Trinajstić information content (AvgIpc) is 2.78. The maximum atomic E-state index is 12.8. The molecular weight excluding hydrogens is 404 g/mol. The van der Waals surface area contributed by atoms with Gasteiger partial charge >= 0.3 is 5.97 Å². The van der Waals surface area contributed by atoms with E-state index in [1.807, 2.05) is 49.4 Å². The lowest BCUT2D eigenvalue weighted by atomic mass is 9.94. The molecule has 0 aliphatic carbocycles. The third-order valence-electron chi connectivity index (χ3n) is 5.12. The zero-order valence-electron chi connectivity index (χ0n) is 16.9. The van der Waals surface area contributed by atoms with Crippen molar-refractivity contribution in [2.75, 3.05) is 32.3 Å². The highest BCUT2D eigenvalue weighted by Gasteiger charge is 2.36. The number of methoxy groups -OCH3 is 2. The van der Waals surface area contributed by atoms with E-state index in [1.54, 1.807) is 12.0 Å². The Labute approximate surface area is 180 Å². The number of fused-ring (bicyclic) bond motifs is 1. The van der Waals surface area contributed by atoms with Gasteiger partial charge in [0.2, 0.25) is 0 Å². The van der Waals surface area contributed by atoms with Gasteiger partial charge in [0.1, 0.15) is 19.0 Å². The summed E-state index contributed by atoms with van der Waals surface area (Å²) in [6.45, 7) is 2.85. The van der Waals surface area contributed by atoms with Crippen LogP contribution in [0.4, 0.5) is 5.69 Å². The molecule has 2 aromatic rings. The molecule has 0 radical (unpaired) electrons. The highest BCUT2D eigenvalue weighted by Crippen LogP contribution is 2.40. The summed E-state index contributed by atoms with van der Waals surface area (Å²) in [6, 6.07) is 12.6. The van der Waals surface area contributed by atoms with Gasteiger partial charge in [0.15, 0.2) is 16.6 Å². The molecule has 1 atom stereocenters. The van der Waals surface area contributed by atoms with Gasteiger partial charge in [0.25, 0.3) is 0 Å². The first-order valence-corrected chi connectivity index (χ1v) is 9.88. The van der Waals surface area contributed by atoms with Crippen LogP contribution < -0.4 is 24.4 Å². The van der Waals surface area contributed by atoms with Crippen LogP contribution in [-0.4, -0.2) is 38.5 Å². The Morgan fingerprint density at radius 3 is 2.60 bits per heavy atom. The van der Waals surface area contributed by atoms with E-state index in [2.05, 4.69) is 5.32 Å². The number of hydrogen-bond donors (Lipinski definition) is 1. The predicted molar refractivity (Wildman–Crippen MR) is 116 cm³/mol. The molecule has 30 heavy (non-hydrogen) atoms. The van der Waals surface area contributed by atoms with Gasteiger partial charge in [-0.2, -0.15) is 0 Å². The third kappa shape index (κ3) is 3.43. The number of rotatable bonds is 4. The van der Waals surface area contributed by atoms with Crippen molar-refractivity contribution < 1.29 is 23.7 Å². The quantitative estimate of drug-likeness (QED) is 0.590. The van der Waals surface area contributed by atoms with Crippen LogP contribution in [0.25, 0.3) is 0 Å². The first kappa shape index (κ1) is 20.0. The van der Waals surface area contributed by atoms with Crippen LogP contribution in [0.2, 0.25) is 0 Å². The monoisotopic (exact) mass is 426 g/mol. The molecule has 2 aliphatic rings. The molecule has 0 fully saturated rings. The van der Waals surface area contributed by atoms with Crippen molar-refractivity contribution in [1.82, 2.24) is 5.32 Å². The van der Waals surface area contributed by atoms with E-state index < -0.39 is 12.0 Å². The maximum Gasteiger partial charge on any atom is 0.337 e. The van der Waals surface area contributed by atoms with Crippen LogP contribution in [-0.2, 0) is 9.53 Å². The number of allylic oxidation sites excluding steroid dienone is 1. The van der Waals surface area contributed by atoms with E-state index in [0.29, 0.717) is 46.8 Å². The molecule has 156 valence electrons. The molecule has 2 aliphatic heterocycles. The number of anilines is 1. The Morgan fingerprint density at radius 2 is 1.87 bits per heavy atom. The lowest BCUT2D eigenvalue weighted by Crippen LogP contribution is -2.48. The summed E-state index contributed by atoms with van der Waals surface area (Å²) < 4.78 is 21.9. The fraction of sp³-hybridized carbons (Fsp3) is 0.273. The smallest absolute Gasteiger partial charge is 0.337 e. The fourth-order valence-electron chi connectivity index (χ4n) is 3.74. The normalized spacial score (nSPS) is 18.0. The van der Waals surface area contributed by atoms with Crippen molar-refractivity contribution in [1.29, 1.82) is 0 Å². The summed E-state index contributed by atoms with van der Waals surface area (Å²) in [5, 5.41) is 3.73. The number of ether oxygens (including phenoxy) is 4.